The van der Waals surface area contributed by atoms with Crippen molar-refractivity contribution in [2.75, 3.05) is 11.6 Å². The van der Waals surface area contributed by atoms with Gasteiger partial charge in [0.1, 0.15) is 10.6 Å². The summed E-state index contributed by atoms with van der Waals surface area (Å²) in [4.78, 5) is 12.2. The summed E-state index contributed by atoms with van der Waals surface area (Å²) < 4.78 is 23.4. The largest absolute Gasteiger partial charge is 0.310 e. The zero-order valence-corrected chi connectivity index (χ0v) is 13.9. The SMILES string of the molecule is Cn1nc(C(C)(C)C)cc1NC(=O)C(C)(C)S(C)(=O)=O. The monoisotopic (exact) mass is 301 g/mol. The first kappa shape index (κ1) is 16.7. The Kier molecular flexibility index (Phi) is 4.07. The Morgan fingerprint density at radius 1 is 1.25 bits per heavy atom. The number of rotatable bonds is 3. The van der Waals surface area contributed by atoms with Gasteiger partial charge in [-0.15, -0.1) is 0 Å². The molecule has 6 nitrogen and oxygen atoms in total. The van der Waals surface area contributed by atoms with Crippen molar-refractivity contribution in [3.8, 4) is 0 Å². The minimum absolute atomic E-state index is 0.146. The number of aromatic nitrogens is 2. The lowest BCUT2D eigenvalue weighted by molar-refractivity contribution is -0.117. The normalized spacial score (nSPS) is 13.3. The molecule has 0 saturated carbocycles. The van der Waals surface area contributed by atoms with Crippen LogP contribution in [-0.4, -0.2) is 35.1 Å². The van der Waals surface area contributed by atoms with Crippen molar-refractivity contribution >= 4 is 21.6 Å². The fourth-order valence-electron chi connectivity index (χ4n) is 1.39. The minimum Gasteiger partial charge on any atom is -0.310 e. The number of anilines is 1. The van der Waals surface area contributed by atoms with Gasteiger partial charge in [-0.1, -0.05) is 20.8 Å². The van der Waals surface area contributed by atoms with Crippen molar-refractivity contribution in [2.24, 2.45) is 7.05 Å². The predicted octanol–water partition coefficient (Wildman–Crippen LogP) is 1.48. The van der Waals surface area contributed by atoms with Crippen LogP contribution in [0.25, 0.3) is 0 Å². The van der Waals surface area contributed by atoms with Gasteiger partial charge in [-0.25, -0.2) is 8.42 Å². The maximum Gasteiger partial charge on any atom is 0.246 e. The Labute approximate surface area is 120 Å². The molecule has 1 heterocycles. The van der Waals surface area contributed by atoms with Crippen molar-refractivity contribution < 1.29 is 13.2 Å². The van der Waals surface area contributed by atoms with E-state index in [4.69, 9.17) is 0 Å². The molecular weight excluding hydrogens is 278 g/mol. The van der Waals surface area contributed by atoms with Gasteiger partial charge in [-0.2, -0.15) is 5.10 Å². The topological polar surface area (TPSA) is 81.1 Å². The number of sulfone groups is 1. The van der Waals surface area contributed by atoms with Crippen LogP contribution in [0.1, 0.15) is 40.3 Å². The molecule has 0 aliphatic carbocycles. The molecule has 0 saturated heterocycles. The van der Waals surface area contributed by atoms with Crippen molar-refractivity contribution in [2.45, 2.75) is 44.8 Å². The van der Waals surface area contributed by atoms with E-state index in [-0.39, 0.29) is 5.41 Å². The molecule has 114 valence electrons. The number of hydrogen-bond donors (Lipinski definition) is 1. The standard InChI is InChI=1S/C13H23N3O3S/c1-12(2,3)9-8-10(16(6)15-9)14-11(17)13(4,5)20(7,18)19/h8H,1-7H3,(H,14,17). The van der Waals surface area contributed by atoms with E-state index in [9.17, 15) is 13.2 Å². The second-order valence-electron chi connectivity index (χ2n) is 6.53. The number of carbonyl (C=O) groups excluding carboxylic acids is 1. The van der Waals surface area contributed by atoms with Gasteiger partial charge < -0.3 is 5.32 Å². The fraction of sp³-hybridized carbons (Fsp3) is 0.692. The molecule has 0 radical (unpaired) electrons. The summed E-state index contributed by atoms with van der Waals surface area (Å²) in [6.45, 7) is 8.82. The highest BCUT2D eigenvalue weighted by Crippen LogP contribution is 2.24. The van der Waals surface area contributed by atoms with E-state index in [1.807, 2.05) is 20.8 Å². The molecule has 0 unspecified atom stereocenters. The first-order chi connectivity index (χ1) is 8.76. The lowest BCUT2D eigenvalue weighted by Gasteiger charge is -2.21. The summed E-state index contributed by atoms with van der Waals surface area (Å²) in [5, 5.41) is 6.96. The van der Waals surface area contributed by atoms with E-state index in [1.54, 1.807) is 13.1 Å². The molecule has 0 aromatic carbocycles. The van der Waals surface area contributed by atoms with Crippen molar-refractivity contribution in [1.29, 1.82) is 0 Å². The lowest BCUT2D eigenvalue weighted by Crippen LogP contribution is -2.44. The van der Waals surface area contributed by atoms with Crippen LogP contribution in [0, 0.1) is 0 Å². The molecule has 1 amide bonds. The summed E-state index contributed by atoms with van der Waals surface area (Å²) in [7, 11) is -1.79. The first-order valence-corrected chi connectivity index (χ1v) is 8.21. The molecule has 7 heteroatoms. The third kappa shape index (κ3) is 3.20. The number of aryl methyl sites for hydroxylation is 1. The number of nitrogens with one attached hydrogen (secondary N) is 1. The van der Waals surface area contributed by atoms with Crippen LogP contribution >= 0.6 is 0 Å². The lowest BCUT2D eigenvalue weighted by atomic mass is 9.92. The molecule has 0 aliphatic heterocycles. The summed E-state index contributed by atoms with van der Waals surface area (Å²) in [5.74, 6) is -0.0832. The number of amides is 1. The van der Waals surface area contributed by atoms with Gasteiger partial charge in [0.05, 0.1) is 5.69 Å². The zero-order valence-electron chi connectivity index (χ0n) is 13.1. The number of nitrogens with zero attached hydrogens (tertiary/aromatic N) is 2. The molecular formula is C13H23N3O3S. The molecule has 0 bridgehead atoms. The molecule has 20 heavy (non-hydrogen) atoms. The molecule has 1 aromatic heterocycles. The molecule has 1 N–H and O–H groups in total. The zero-order chi connectivity index (χ0) is 15.9. The molecule has 1 aromatic rings. The molecule has 0 atom stereocenters. The van der Waals surface area contributed by atoms with E-state index >= 15 is 0 Å². The summed E-state index contributed by atoms with van der Waals surface area (Å²) in [6.07, 6.45) is 1.05. The fourth-order valence-corrected chi connectivity index (χ4v) is 1.77. The molecule has 0 fully saturated rings. The first-order valence-electron chi connectivity index (χ1n) is 6.32. The maximum absolute atomic E-state index is 12.2. The van der Waals surface area contributed by atoms with E-state index in [0.29, 0.717) is 5.82 Å². The van der Waals surface area contributed by atoms with Crippen LogP contribution in [0.4, 0.5) is 5.82 Å². The van der Waals surface area contributed by atoms with Gasteiger partial charge in [-0.05, 0) is 13.8 Å². The number of carbonyl (C=O) groups is 1. The second-order valence-corrected chi connectivity index (χ2v) is 9.09. The average Bonchev–Trinajstić information content (AvgIpc) is 2.58. The summed E-state index contributed by atoms with van der Waals surface area (Å²) >= 11 is 0. The van der Waals surface area contributed by atoms with E-state index in [2.05, 4.69) is 10.4 Å². The number of hydrogen-bond acceptors (Lipinski definition) is 4. The van der Waals surface area contributed by atoms with Crippen LogP contribution in [0.5, 0.6) is 0 Å². The maximum atomic E-state index is 12.2. The highest BCUT2D eigenvalue weighted by molar-refractivity contribution is 7.92. The third-order valence-electron chi connectivity index (χ3n) is 3.36. The van der Waals surface area contributed by atoms with Crippen molar-refractivity contribution in [1.82, 2.24) is 9.78 Å². The third-order valence-corrected chi connectivity index (χ3v) is 5.40. The highest BCUT2D eigenvalue weighted by Gasteiger charge is 2.39. The van der Waals surface area contributed by atoms with Crippen LogP contribution in [0.3, 0.4) is 0 Å². The minimum atomic E-state index is -3.50. The smallest absolute Gasteiger partial charge is 0.246 e. The predicted molar refractivity (Wildman–Crippen MR) is 79.5 cm³/mol. The van der Waals surface area contributed by atoms with Gasteiger partial charge in [0.2, 0.25) is 5.91 Å². The van der Waals surface area contributed by atoms with Gasteiger partial charge in [0.25, 0.3) is 0 Å². The van der Waals surface area contributed by atoms with Gasteiger partial charge in [0, 0.05) is 24.8 Å². The summed E-state index contributed by atoms with van der Waals surface area (Å²) in [5.41, 5.74) is 0.681. The second kappa shape index (κ2) is 4.87. The van der Waals surface area contributed by atoms with Crippen LogP contribution < -0.4 is 5.32 Å². The van der Waals surface area contributed by atoms with Crippen LogP contribution in [0.15, 0.2) is 6.07 Å². The Morgan fingerprint density at radius 2 is 1.75 bits per heavy atom. The Morgan fingerprint density at radius 3 is 2.10 bits per heavy atom. The average molecular weight is 301 g/mol. The molecule has 0 aliphatic rings. The van der Waals surface area contributed by atoms with E-state index in [1.165, 1.54) is 18.5 Å². The van der Waals surface area contributed by atoms with Crippen LogP contribution in [0.2, 0.25) is 0 Å². The van der Waals surface area contributed by atoms with Crippen molar-refractivity contribution in [3.63, 3.8) is 0 Å². The van der Waals surface area contributed by atoms with Crippen molar-refractivity contribution in [3.05, 3.63) is 11.8 Å². The Balaban J connectivity index is 3.07. The van der Waals surface area contributed by atoms with Gasteiger partial charge in [-0.3, -0.25) is 9.48 Å². The van der Waals surface area contributed by atoms with E-state index < -0.39 is 20.5 Å². The Hall–Kier alpha value is -1.37. The Bertz CT molecular complexity index is 622. The van der Waals surface area contributed by atoms with Gasteiger partial charge >= 0.3 is 0 Å². The summed E-state index contributed by atoms with van der Waals surface area (Å²) in [6, 6.07) is 1.76. The quantitative estimate of drug-likeness (QED) is 0.917. The molecule has 1 rings (SSSR count). The molecule has 0 spiro atoms. The van der Waals surface area contributed by atoms with E-state index in [0.717, 1.165) is 11.9 Å². The van der Waals surface area contributed by atoms with Gasteiger partial charge in [0.15, 0.2) is 9.84 Å². The highest BCUT2D eigenvalue weighted by atomic mass is 32.2. The van der Waals surface area contributed by atoms with Crippen LogP contribution in [-0.2, 0) is 27.1 Å².